The SMILES string of the molecule is O=C(c1cc(=O)[nH]c(C2CC2)n1)N1CC(c2ncc(Br)cn2)C1. The van der Waals surface area contributed by atoms with Crippen LogP contribution in [0.1, 0.15) is 46.8 Å². The van der Waals surface area contributed by atoms with Gasteiger partial charge in [0.05, 0.1) is 10.4 Å². The van der Waals surface area contributed by atoms with Crippen LogP contribution in [0.2, 0.25) is 0 Å². The predicted molar refractivity (Wildman–Crippen MR) is 85.2 cm³/mol. The maximum atomic E-state index is 12.5. The fourth-order valence-electron chi connectivity index (χ4n) is 2.64. The number of hydrogen-bond acceptors (Lipinski definition) is 5. The van der Waals surface area contributed by atoms with E-state index in [1.165, 1.54) is 6.07 Å². The van der Waals surface area contributed by atoms with Gasteiger partial charge in [-0.2, -0.15) is 0 Å². The zero-order valence-electron chi connectivity index (χ0n) is 12.2. The molecule has 8 heteroatoms. The van der Waals surface area contributed by atoms with Crippen LogP contribution in [0.3, 0.4) is 0 Å². The lowest BCUT2D eigenvalue weighted by Crippen LogP contribution is -2.49. The summed E-state index contributed by atoms with van der Waals surface area (Å²) in [6.45, 7) is 1.10. The molecule has 0 unspecified atom stereocenters. The second-order valence-corrected chi connectivity index (χ2v) is 6.87. The number of H-pyrrole nitrogens is 1. The summed E-state index contributed by atoms with van der Waals surface area (Å²) in [4.78, 5) is 41.4. The van der Waals surface area contributed by atoms with E-state index in [2.05, 4.69) is 35.9 Å². The highest BCUT2D eigenvalue weighted by molar-refractivity contribution is 9.10. The highest BCUT2D eigenvalue weighted by Crippen LogP contribution is 2.37. The van der Waals surface area contributed by atoms with E-state index in [4.69, 9.17) is 0 Å². The molecule has 2 aliphatic rings. The van der Waals surface area contributed by atoms with Crippen LogP contribution in [0, 0.1) is 0 Å². The van der Waals surface area contributed by atoms with Crippen molar-refractivity contribution in [2.24, 2.45) is 0 Å². The van der Waals surface area contributed by atoms with Crippen molar-refractivity contribution >= 4 is 21.8 Å². The lowest BCUT2D eigenvalue weighted by Gasteiger charge is -2.37. The Morgan fingerprint density at radius 2 is 1.91 bits per heavy atom. The first-order valence-electron chi connectivity index (χ1n) is 7.48. The van der Waals surface area contributed by atoms with Crippen LogP contribution in [0.5, 0.6) is 0 Å². The third-order valence-electron chi connectivity index (χ3n) is 4.12. The lowest BCUT2D eigenvalue weighted by atomic mass is 9.98. The Hall–Kier alpha value is -2.09. The molecule has 7 nitrogen and oxygen atoms in total. The Balaban J connectivity index is 1.47. The van der Waals surface area contributed by atoms with Gasteiger partial charge in [-0.3, -0.25) is 9.59 Å². The monoisotopic (exact) mass is 375 g/mol. The molecule has 0 radical (unpaired) electrons. The Morgan fingerprint density at radius 3 is 2.57 bits per heavy atom. The third kappa shape index (κ3) is 2.90. The quantitative estimate of drug-likeness (QED) is 0.875. The van der Waals surface area contributed by atoms with Crippen molar-refractivity contribution in [3.8, 4) is 0 Å². The topological polar surface area (TPSA) is 91.8 Å². The Labute approximate surface area is 140 Å². The van der Waals surface area contributed by atoms with Crippen molar-refractivity contribution in [2.75, 3.05) is 13.1 Å². The second-order valence-electron chi connectivity index (χ2n) is 5.96. The van der Waals surface area contributed by atoms with Gasteiger partial charge in [-0.1, -0.05) is 0 Å². The second kappa shape index (κ2) is 5.52. The number of halogens is 1. The molecule has 3 heterocycles. The molecule has 1 N–H and O–H groups in total. The highest BCUT2D eigenvalue weighted by Gasteiger charge is 2.35. The molecule has 23 heavy (non-hydrogen) atoms. The van der Waals surface area contributed by atoms with Crippen molar-refractivity contribution in [3.63, 3.8) is 0 Å². The molecular weight excluding hydrogens is 362 g/mol. The van der Waals surface area contributed by atoms with Crippen LogP contribution in [0.15, 0.2) is 27.7 Å². The van der Waals surface area contributed by atoms with Crippen molar-refractivity contribution in [1.82, 2.24) is 24.8 Å². The van der Waals surface area contributed by atoms with Gasteiger partial charge < -0.3 is 9.88 Å². The van der Waals surface area contributed by atoms with E-state index in [-0.39, 0.29) is 23.1 Å². The fraction of sp³-hybridized carbons (Fsp3) is 0.400. The molecule has 2 fully saturated rings. The summed E-state index contributed by atoms with van der Waals surface area (Å²) < 4.78 is 0.828. The number of hydrogen-bond donors (Lipinski definition) is 1. The molecule has 1 amide bonds. The van der Waals surface area contributed by atoms with Gasteiger partial charge in [-0.15, -0.1) is 0 Å². The van der Waals surface area contributed by atoms with Crippen molar-refractivity contribution in [3.05, 3.63) is 50.6 Å². The molecule has 0 bridgehead atoms. The Kier molecular flexibility index (Phi) is 3.48. The number of rotatable bonds is 3. The summed E-state index contributed by atoms with van der Waals surface area (Å²) in [5.74, 6) is 1.60. The summed E-state index contributed by atoms with van der Waals surface area (Å²) in [5.41, 5.74) is -0.0376. The molecule has 0 spiro atoms. The van der Waals surface area contributed by atoms with Gasteiger partial charge in [0.15, 0.2) is 0 Å². The minimum Gasteiger partial charge on any atom is -0.336 e. The van der Waals surface area contributed by atoms with Gasteiger partial charge in [0.25, 0.3) is 11.5 Å². The van der Waals surface area contributed by atoms with Crippen molar-refractivity contribution < 1.29 is 4.79 Å². The number of aromatic nitrogens is 4. The summed E-state index contributed by atoms with van der Waals surface area (Å²) in [6, 6.07) is 1.28. The molecule has 2 aromatic heterocycles. The van der Waals surface area contributed by atoms with E-state index in [0.717, 1.165) is 23.1 Å². The molecule has 1 aliphatic heterocycles. The summed E-state index contributed by atoms with van der Waals surface area (Å²) in [5, 5.41) is 0. The van der Waals surface area contributed by atoms with Gasteiger partial charge in [0.2, 0.25) is 0 Å². The van der Waals surface area contributed by atoms with Gasteiger partial charge in [0, 0.05) is 37.5 Å². The average molecular weight is 376 g/mol. The van der Waals surface area contributed by atoms with Crippen LogP contribution in [-0.4, -0.2) is 43.8 Å². The van der Waals surface area contributed by atoms with E-state index in [0.29, 0.717) is 24.8 Å². The minimum absolute atomic E-state index is 0.136. The molecular formula is C15H14BrN5O2. The molecule has 1 saturated carbocycles. The first-order valence-corrected chi connectivity index (χ1v) is 8.27. The minimum atomic E-state index is -0.265. The van der Waals surface area contributed by atoms with Gasteiger partial charge >= 0.3 is 0 Å². The number of nitrogens with zero attached hydrogens (tertiary/aromatic N) is 4. The average Bonchev–Trinajstić information content (AvgIpc) is 3.31. The Bertz CT molecular complexity index is 809. The molecule has 118 valence electrons. The molecule has 1 aliphatic carbocycles. The van der Waals surface area contributed by atoms with E-state index in [1.807, 2.05) is 0 Å². The van der Waals surface area contributed by atoms with Crippen LogP contribution in [0.25, 0.3) is 0 Å². The first kappa shape index (κ1) is 14.5. The molecule has 1 saturated heterocycles. The molecule has 2 aromatic rings. The van der Waals surface area contributed by atoms with E-state index < -0.39 is 0 Å². The maximum Gasteiger partial charge on any atom is 0.272 e. The number of amides is 1. The van der Waals surface area contributed by atoms with E-state index in [9.17, 15) is 9.59 Å². The van der Waals surface area contributed by atoms with Crippen LogP contribution < -0.4 is 5.56 Å². The van der Waals surface area contributed by atoms with Crippen LogP contribution in [0.4, 0.5) is 0 Å². The lowest BCUT2D eigenvalue weighted by molar-refractivity contribution is 0.0587. The first-order chi connectivity index (χ1) is 11.1. The number of likely N-dealkylation sites (tertiary alicyclic amines) is 1. The molecule has 0 aromatic carbocycles. The number of carbonyl (C=O) groups is 1. The zero-order chi connectivity index (χ0) is 16.0. The molecule has 4 rings (SSSR count). The van der Waals surface area contributed by atoms with Crippen molar-refractivity contribution in [2.45, 2.75) is 24.7 Å². The third-order valence-corrected chi connectivity index (χ3v) is 4.53. The Morgan fingerprint density at radius 1 is 1.22 bits per heavy atom. The number of aromatic amines is 1. The fourth-order valence-corrected chi connectivity index (χ4v) is 2.84. The zero-order valence-corrected chi connectivity index (χ0v) is 13.8. The maximum absolute atomic E-state index is 12.5. The largest absolute Gasteiger partial charge is 0.336 e. The summed E-state index contributed by atoms with van der Waals surface area (Å²) in [6.07, 6.45) is 5.45. The standard InChI is InChI=1S/C15H14BrN5O2/c16-10-4-17-13(18-5-10)9-6-21(7-9)15(23)11-3-12(22)20-14(19-11)8-1-2-8/h3-5,8-9H,1-2,6-7H2,(H,19,20,22). The number of nitrogens with one attached hydrogen (secondary N) is 1. The summed E-state index contributed by atoms with van der Waals surface area (Å²) >= 11 is 3.30. The smallest absolute Gasteiger partial charge is 0.272 e. The number of carbonyl (C=O) groups excluding carboxylic acids is 1. The summed E-state index contributed by atoms with van der Waals surface area (Å²) in [7, 11) is 0. The molecule has 0 atom stereocenters. The normalized spacial score (nSPS) is 17.9. The highest BCUT2D eigenvalue weighted by atomic mass is 79.9. The van der Waals surface area contributed by atoms with E-state index in [1.54, 1.807) is 17.3 Å². The van der Waals surface area contributed by atoms with Gasteiger partial charge in [-0.25, -0.2) is 15.0 Å². The van der Waals surface area contributed by atoms with Gasteiger partial charge in [0.1, 0.15) is 17.3 Å². The van der Waals surface area contributed by atoms with Crippen molar-refractivity contribution in [1.29, 1.82) is 0 Å². The van der Waals surface area contributed by atoms with Crippen LogP contribution in [-0.2, 0) is 0 Å². The predicted octanol–water partition coefficient (Wildman–Crippen LogP) is 1.44. The van der Waals surface area contributed by atoms with Gasteiger partial charge in [-0.05, 0) is 28.8 Å². The van der Waals surface area contributed by atoms with Crippen LogP contribution >= 0.6 is 15.9 Å². The van der Waals surface area contributed by atoms with E-state index >= 15 is 0 Å².